The van der Waals surface area contributed by atoms with Crippen LogP contribution in [-0.2, 0) is 4.79 Å². The largest absolute Gasteiger partial charge is 0.272 e. The summed E-state index contributed by atoms with van der Waals surface area (Å²) in [6.45, 7) is 0. The van der Waals surface area contributed by atoms with Gasteiger partial charge in [-0.05, 0) is 48.0 Å². The number of para-hydroxylation sites is 1. The predicted octanol–water partition coefficient (Wildman–Crippen LogP) is 5.51. The van der Waals surface area contributed by atoms with Crippen molar-refractivity contribution in [1.82, 2.24) is 15.0 Å². The maximum atomic E-state index is 13.2. The van der Waals surface area contributed by atoms with E-state index in [9.17, 15) is 9.59 Å². The molecule has 6 nitrogen and oxygen atoms in total. The molecule has 0 aliphatic carbocycles. The van der Waals surface area contributed by atoms with Crippen LogP contribution < -0.4 is 11.0 Å². The van der Waals surface area contributed by atoms with Gasteiger partial charge in [0.1, 0.15) is 0 Å². The number of benzene rings is 3. The highest BCUT2D eigenvalue weighted by Gasteiger charge is 2.14. The first-order chi connectivity index (χ1) is 16.5. The Morgan fingerprint density at radius 1 is 1.03 bits per heavy atom. The molecule has 0 fully saturated rings. The van der Waals surface area contributed by atoms with Crippen molar-refractivity contribution in [3.63, 3.8) is 0 Å². The lowest BCUT2D eigenvalue weighted by Gasteiger charge is -2.13. The van der Waals surface area contributed by atoms with E-state index in [0.29, 0.717) is 31.8 Å². The van der Waals surface area contributed by atoms with Crippen LogP contribution in [0.3, 0.4) is 0 Å². The Labute approximate surface area is 209 Å². The molecule has 0 atom stereocenters. The fourth-order valence-corrected chi connectivity index (χ4v) is 4.21. The summed E-state index contributed by atoms with van der Waals surface area (Å²) in [5.41, 5.74) is 4.29. The molecule has 1 N–H and O–H groups in total. The van der Waals surface area contributed by atoms with Crippen molar-refractivity contribution < 1.29 is 4.79 Å². The quantitative estimate of drug-likeness (QED) is 0.154. The molecule has 34 heavy (non-hydrogen) atoms. The minimum atomic E-state index is -0.365. The molecule has 170 valence electrons. The van der Waals surface area contributed by atoms with Crippen LogP contribution in [0.2, 0.25) is 5.02 Å². The molecule has 0 spiro atoms. The standard InChI is InChI=1S/C25H18Cl2N4O2S/c26-18-10-12-20(13-11-18)31-24(33)21-8-4-5-9-22(21)29-25(31)34-16-23(32)30-28-15-19(27)14-17-6-2-1-3-7-17/h1-15H,16H2,(H,30,32)/b19-14-,28-15+. The minimum absolute atomic E-state index is 0.00424. The first-order valence-corrected chi connectivity index (χ1v) is 11.9. The fraction of sp³-hybridized carbons (Fsp3) is 0.0400. The minimum Gasteiger partial charge on any atom is -0.272 e. The van der Waals surface area contributed by atoms with Crippen molar-refractivity contribution >= 4 is 64.1 Å². The number of aromatic nitrogens is 2. The third-order valence-corrected chi connectivity index (χ3v) is 6.04. The zero-order valence-corrected chi connectivity index (χ0v) is 20.0. The van der Waals surface area contributed by atoms with E-state index in [1.54, 1.807) is 48.5 Å². The number of carbonyl (C=O) groups is 1. The molecule has 9 heteroatoms. The molecule has 0 bridgehead atoms. The van der Waals surface area contributed by atoms with Gasteiger partial charge in [0.2, 0.25) is 0 Å². The van der Waals surface area contributed by atoms with Crippen LogP contribution in [0, 0.1) is 0 Å². The van der Waals surface area contributed by atoms with Gasteiger partial charge < -0.3 is 0 Å². The van der Waals surface area contributed by atoms with Crippen molar-refractivity contribution in [2.45, 2.75) is 5.16 Å². The third kappa shape index (κ3) is 5.94. The monoisotopic (exact) mass is 508 g/mol. The lowest BCUT2D eigenvalue weighted by atomic mass is 10.2. The highest BCUT2D eigenvalue weighted by atomic mass is 35.5. The molecule has 1 aromatic heterocycles. The molecular weight excluding hydrogens is 491 g/mol. The fourth-order valence-electron chi connectivity index (χ4n) is 3.10. The van der Waals surface area contributed by atoms with Gasteiger partial charge >= 0.3 is 0 Å². The van der Waals surface area contributed by atoms with Crippen LogP contribution in [0.4, 0.5) is 0 Å². The first kappa shape index (κ1) is 23.8. The lowest BCUT2D eigenvalue weighted by Crippen LogP contribution is -2.24. The molecule has 0 aliphatic rings. The number of hydrogen-bond donors (Lipinski definition) is 1. The normalized spacial score (nSPS) is 11.8. The number of hydrazone groups is 1. The van der Waals surface area contributed by atoms with Crippen LogP contribution in [0.5, 0.6) is 0 Å². The van der Waals surface area contributed by atoms with Gasteiger partial charge in [-0.1, -0.05) is 77.4 Å². The van der Waals surface area contributed by atoms with Crippen molar-refractivity contribution in [2.75, 3.05) is 5.75 Å². The van der Waals surface area contributed by atoms with Crippen LogP contribution in [-0.4, -0.2) is 27.4 Å². The molecule has 0 saturated heterocycles. The van der Waals surface area contributed by atoms with Gasteiger partial charge in [0.25, 0.3) is 11.5 Å². The SMILES string of the molecule is O=C(CSc1nc2ccccc2c(=O)n1-c1ccc(Cl)cc1)N/N=C/C(Cl)=C/c1ccccc1. The van der Waals surface area contributed by atoms with E-state index in [-0.39, 0.29) is 17.2 Å². The van der Waals surface area contributed by atoms with E-state index in [2.05, 4.69) is 15.5 Å². The van der Waals surface area contributed by atoms with E-state index < -0.39 is 0 Å². The summed E-state index contributed by atoms with van der Waals surface area (Å²) < 4.78 is 1.47. The average molecular weight is 509 g/mol. The summed E-state index contributed by atoms with van der Waals surface area (Å²) in [7, 11) is 0. The highest BCUT2D eigenvalue weighted by molar-refractivity contribution is 7.99. The van der Waals surface area contributed by atoms with Gasteiger partial charge in [-0.25, -0.2) is 10.4 Å². The molecule has 4 rings (SSSR count). The molecule has 0 radical (unpaired) electrons. The molecule has 0 saturated carbocycles. The number of fused-ring (bicyclic) bond motifs is 1. The number of allylic oxidation sites excluding steroid dienone is 1. The zero-order chi connectivity index (χ0) is 23.9. The van der Waals surface area contributed by atoms with E-state index in [0.717, 1.165) is 17.3 Å². The molecular formula is C25H18Cl2N4O2S. The number of nitrogens with zero attached hydrogens (tertiary/aromatic N) is 3. The predicted molar refractivity (Wildman–Crippen MR) is 140 cm³/mol. The summed E-state index contributed by atoms with van der Waals surface area (Å²) in [6, 6.07) is 23.5. The van der Waals surface area contributed by atoms with Gasteiger partial charge in [0, 0.05) is 5.02 Å². The van der Waals surface area contributed by atoms with Crippen LogP contribution in [0.15, 0.2) is 98.9 Å². The molecule has 3 aromatic carbocycles. The number of hydrogen-bond acceptors (Lipinski definition) is 5. The Morgan fingerprint density at radius 3 is 2.50 bits per heavy atom. The van der Waals surface area contributed by atoms with Gasteiger partial charge in [-0.3, -0.25) is 14.2 Å². The number of halogens is 2. The lowest BCUT2D eigenvalue weighted by molar-refractivity contribution is -0.118. The number of amides is 1. The van der Waals surface area contributed by atoms with Gasteiger partial charge in [0.05, 0.1) is 33.6 Å². The van der Waals surface area contributed by atoms with Gasteiger partial charge in [-0.15, -0.1) is 0 Å². The summed E-state index contributed by atoms with van der Waals surface area (Å²) in [4.78, 5) is 30.2. The Kier molecular flexibility index (Phi) is 7.80. The maximum absolute atomic E-state index is 13.2. The van der Waals surface area contributed by atoms with Gasteiger partial charge in [-0.2, -0.15) is 5.10 Å². The second-order valence-corrected chi connectivity index (χ2v) is 8.87. The van der Waals surface area contributed by atoms with Crippen LogP contribution in [0.1, 0.15) is 5.56 Å². The number of thioether (sulfide) groups is 1. The molecule has 0 aliphatic heterocycles. The maximum Gasteiger partial charge on any atom is 0.266 e. The molecule has 1 heterocycles. The second kappa shape index (κ2) is 11.2. The molecule has 0 unspecified atom stereocenters. The topological polar surface area (TPSA) is 76.3 Å². The van der Waals surface area contributed by atoms with E-state index in [1.807, 2.05) is 36.4 Å². The third-order valence-electron chi connectivity index (χ3n) is 4.64. The zero-order valence-electron chi connectivity index (χ0n) is 17.7. The van der Waals surface area contributed by atoms with E-state index in [4.69, 9.17) is 23.2 Å². The van der Waals surface area contributed by atoms with Gasteiger partial charge in [0.15, 0.2) is 5.16 Å². The van der Waals surface area contributed by atoms with Crippen LogP contribution in [0.25, 0.3) is 22.7 Å². The smallest absolute Gasteiger partial charge is 0.266 e. The molecule has 1 amide bonds. The first-order valence-electron chi connectivity index (χ1n) is 10.2. The summed E-state index contributed by atoms with van der Waals surface area (Å²) in [6.07, 6.45) is 3.09. The van der Waals surface area contributed by atoms with Crippen molar-refractivity contribution in [2.24, 2.45) is 5.10 Å². The van der Waals surface area contributed by atoms with Crippen molar-refractivity contribution in [3.05, 3.63) is 105 Å². The second-order valence-electron chi connectivity index (χ2n) is 7.05. The Bertz CT molecular complexity index is 1440. The summed E-state index contributed by atoms with van der Waals surface area (Å²) >= 11 is 13.3. The average Bonchev–Trinajstić information content (AvgIpc) is 2.84. The highest BCUT2D eigenvalue weighted by Crippen LogP contribution is 2.22. The number of nitrogens with one attached hydrogen (secondary N) is 1. The van der Waals surface area contributed by atoms with E-state index >= 15 is 0 Å². The Balaban J connectivity index is 1.51. The van der Waals surface area contributed by atoms with Crippen molar-refractivity contribution in [3.8, 4) is 5.69 Å². The van der Waals surface area contributed by atoms with E-state index in [1.165, 1.54) is 10.8 Å². The number of carbonyl (C=O) groups excluding carboxylic acids is 1. The van der Waals surface area contributed by atoms with Crippen LogP contribution >= 0.6 is 35.0 Å². The van der Waals surface area contributed by atoms with Crippen molar-refractivity contribution in [1.29, 1.82) is 0 Å². The summed E-state index contributed by atoms with van der Waals surface area (Å²) in [5.74, 6) is -0.370. The summed E-state index contributed by atoms with van der Waals surface area (Å²) in [5, 5.41) is 5.68. The molecule has 4 aromatic rings. The Morgan fingerprint density at radius 2 is 1.74 bits per heavy atom. The Hall–Kier alpha value is -3.39. The number of rotatable bonds is 7.